The lowest BCUT2D eigenvalue weighted by Gasteiger charge is -2.43. The van der Waals surface area contributed by atoms with Crippen LogP contribution in [0, 0.1) is 27.9 Å². The molecule has 2 atom stereocenters. The molecule has 1 aromatic rings. The van der Waals surface area contributed by atoms with Gasteiger partial charge in [-0.2, -0.15) is 0 Å². The molecule has 0 radical (unpaired) electrons. The first kappa shape index (κ1) is 16.9. The Morgan fingerprint density at radius 3 is 2.58 bits per heavy atom. The number of carbonyl (C=O) groups excluding carboxylic acids is 1. The molecule has 0 spiro atoms. The minimum Gasteiger partial charge on any atom is -0.356 e. The molecule has 2 aliphatic carbocycles. The maximum atomic E-state index is 12.5. The van der Waals surface area contributed by atoms with Crippen LogP contribution >= 0.6 is 0 Å². The molecule has 2 bridgehead atoms. The molecule has 1 aromatic carbocycles. The quantitative estimate of drug-likeness (QED) is 0.639. The predicted octanol–water partition coefficient (Wildman–Crippen LogP) is 2.41. The van der Waals surface area contributed by atoms with E-state index < -0.39 is 0 Å². The molecule has 0 aromatic heterocycles. The van der Waals surface area contributed by atoms with Gasteiger partial charge in [-0.1, -0.05) is 24.6 Å². The number of nitrogens with one attached hydrogen (secondary N) is 1. The lowest BCUT2D eigenvalue weighted by Crippen LogP contribution is -2.49. The summed E-state index contributed by atoms with van der Waals surface area (Å²) in [6.45, 7) is 0.432. The lowest BCUT2D eigenvalue weighted by molar-refractivity contribution is -0.385. The molecule has 2 unspecified atom stereocenters. The molecule has 2 fully saturated rings. The first-order chi connectivity index (χ1) is 11.6. The second-order valence-electron chi connectivity index (χ2n) is 7.12. The Balaban J connectivity index is 1.52. The number of nitrogens with zero attached hydrogens (tertiary/aromatic N) is 1. The third-order valence-corrected chi connectivity index (χ3v) is 5.67. The zero-order valence-electron chi connectivity index (χ0n) is 13.8. The van der Waals surface area contributed by atoms with Crippen molar-refractivity contribution in [3.8, 4) is 0 Å². The monoisotopic (exact) mass is 331 g/mol. The fraction of sp³-hybridized carbons (Fsp3) is 0.611. The second-order valence-corrected chi connectivity index (χ2v) is 7.12. The maximum Gasteiger partial charge on any atom is 0.272 e. The molecule has 3 rings (SSSR count). The Labute approximate surface area is 142 Å². The number of fused-ring (bicyclic) bond motifs is 2. The number of nitrogens with two attached hydrogens (primary N) is 1. The number of para-hydroxylation sites is 1. The van der Waals surface area contributed by atoms with Crippen molar-refractivity contribution >= 4 is 11.6 Å². The van der Waals surface area contributed by atoms with E-state index in [1.165, 1.54) is 12.5 Å². The van der Waals surface area contributed by atoms with Crippen LogP contribution in [0.25, 0.3) is 0 Å². The number of hydrogen-bond acceptors (Lipinski definition) is 4. The van der Waals surface area contributed by atoms with Crippen LogP contribution in [0.2, 0.25) is 0 Å². The van der Waals surface area contributed by atoms with Crippen molar-refractivity contribution in [2.45, 2.75) is 44.6 Å². The summed E-state index contributed by atoms with van der Waals surface area (Å²) in [6, 6.07) is 6.95. The summed E-state index contributed by atoms with van der Waals surface area (Å²) in [4.78, 5) is 23.1. The molecule has 24 heavy (non-hydrogen) atoms. The molecule has 2 aliphatic rings. The van der Waals surface area contributed by atoms with Crippen LogP contribution in [0.1, 0.15) is 37.7 Å². The van der Waals surface area contributed by atoms with E-state index in [4.69, 9.17) is 5.73 Å². The van der Waals surface area contributed by atoms with Crippen LogP contribution in [0.3, 0.4) is 0 Å². The van der Waals surface area contributed by atoms with E-state index in [1.807, 2.05) is 0 Å². The Kier molecular flexibility index (Phi) is 5.14. The van der Waals surface area contributed by atoms with Crippen LogP contribution in [-0.4, -0.2) is 23.4 Å². The molecule has 0 saturated heterocycles. The SMILES string of the molecule is NC1C2CCCC1CC(C(=O)NCCc1ccccc1[N+](=O)[O-])C2. The zero-order chi connectivity index (χ0) is 17.1. The van der Waals surface area contributed by atoms with Gasteiger partial charge in [0, 0.05) is 30.1 Å². The number of amides is 1. The van der Waals surface area contributed by atoms with Gasteiger partial charge in [-0.15, -0.1) is 0 Å². The van der Waals surface area contributed by atoms with Crippen molar-refractivity contribution in [2.75, 3.05) is 6.54 Å². The van der Waals surface area contributed by atoms with Gasteiger partial charge in [0.2, 0.25) is 5.91 Å². The molecule has 3 N–H and O–H groups in total. The Bertz CT molecular complexity index is 605. The van der Waals surface area contributed by atoms with E-state index in [-0.39, 0.29) is 28.5 Å². The summed E-state index contributed by atoms with van der Waals surface area (Å²) in [5, 5.41) is 14.0. The van der Waals surface area contributed by atoms with Crippen LogP contribution in [0.4, 0.5) is 5.69 Å². The highest BCUT2D eigenvalue weighted by atomic mass is 16.6. The second kappa shape index (κ2) is 7.30. The van der Waals surface area contributed by atoms with Gasteiger partial charge in [0.15, 0.2) is 0 Å². The van der Waals surface area contributed by atoms with E-state index in [0.717, 1.165) is 25.7 Å². The first-order valence-corrected chi connectivity index (χ1v) is 8.82. The van der Waals surface area contributed by atoms with Gasteiger partial charge in [0.05, 0.1) is 4.92 Å². The Morgan fingerprint density at radius 1 is 1.25 bits per heavy atom. The zero-order valence-corrected chi connectivity index (χ0v) is 13.8. The molecule has 6 nitrogen and oxygen atoms in total. The summed E-state index contributed by atoms with van der Waals surface area (Å²) in [5.74, 6) is 1.08. The fourth-order valence-corrected chi connectivity index (χ4v) is 4.37. The molecule has 1 amide bonds. The van der Waals surface area contributed by atoms with Crippen LogP contribution in [0.15, 0.2) is 24.3 Å². The minimum atomic E-state index is -0.374. The largest absolute Gasteiger partial charge is 0.356 e. The van der Waals surface area contributed by atoms with E-state index in [2.05, 4.69) is 5.32 Å². The van der Waals surface area contributed by atoms with Gasteiger partial charge in [-0.05, 0) is 43.9 Å². The normalized spacial score (nSPS) is 29.0. The van der Waals surface area contributed by atoms with E-state index in [9.17, 15) is 14.9 Å². The van der Waals surface area contributed by atoms with Crippen molar-refractivity contribution in [2.24, 2.45) is 23.5 Å². The average Bonchev–Trinajstić information content (AvgIpc) is 2.54. The molecule has 0 heterocycles. The molecule has 130 valence electrons. The number of hydrogen-bond donors (Lipinski definition) is 2. The van der Waals surface area contributed by atoms with Crippen molar-refractivity contribution < 1.29 is 9.72 Å². The summed E-state index contributed by atoms with van der Waals surface area (Å²) in [6.07, 6.45) is 5.75. The smallest absolute Gasteiger partial charge is 0.272 e. The first-order valence-electron chi connectivity index (χ1n) is 8.82. The highest BCUT2D eigenvalue weighted by Gasteiger charge is 2.40. The molecular formula is C18H25N3O3. The standard InChI is InChI=1S/C18H25N3O3/c19-17-13-5-3-6-14(17)11-15(10-13)18(22)20-9-8-12-4-1-2-7-16(12)21(23)24/h1-2,4,7,13-15,17H,3,5-6,8-11,19H2,(H,20,22). The summed E-state index contributed by atoms with van der Waals surface area (Å²) in [7, 11) is 0. The summed E-state index contributed by atoms with van der Waals surface area (Å²) in [5.41, 5.74) is 7.05. The van der Waals surface area contributed by atoms with Crippen molar-refractivity contribution in [1.29, 1.82) is 0 Å². The van der Waals surface area contributed by atoms with Crippen molar-refractivity contribution in [3.63, 3.8) is 0 Å². The van der Waals surface area contributed by atoms with Gasteiger partial charge in [0.25, 0.3) is 5.69 Å². The van der Waals surface area contributed by atoms with Crippen LogP contribution < -0.4 is 11.1 Å². The van der Waals surface area contributed by atoms with Gasteiger partial charge >= 0.3 is 0 Å². The summed E-state index contributed by atoms with van der Waals surface area (Å²) < 4.78 is 0. The predicted molar refractivity (Wildman–Crippen MR) is 91.3 cm³/mol. The minimum absolute atomic E-state index is 0.0471. The van der Waals surface area contributed by atoms with Crippen LogP contribution in [-0.2, 0) is 11.2 Å². The van der Waals surface area contributed by atoms with Crippen molar-refractivity contribution in [3.05, 3.63) is 39.9 Å². The third-order valence-electron chi connectivity index (χ3n) is 5.67. The Hall–Kier alpha value is -1.95. The number of nitro groups is 1. The third kappa shape index (κ3) is 3.59. The molecule has 2 saturated carbocycles. The summed E-state index contributed by atoms with van der Waals surface area (Å²) >= 11 is 0. The lowest BCUT2D eigenvalue weighted by atomic mass is 9.65. The van der Waals surface area contributed by atoms with Gasteiger partial charge < -0.3 is 11.1 Å². The molecular weight excluding hydrogens is 306 g/mol. The van der Waals surface area contributed by atoms with E-state index >= 15 is 0 Å². The fourth-order valence-electron chi connectivity index (χ4n) is 4.37. The molecule has 0 aliphatic heterocycles. The number of rotatable bonds is 5. The maximum absolute atomic E-state index is 12.5. The number of nitro benzene ring substituents is 1. The number of carbonyl (C=O) groups is 1. The highest BCUT2D eigenvalue weighted by Crippen LogP contribution is 2.41. The van der Waals surface area contributed by atoms with E-state index in [0.29, 0.717) is 30.4 Å². The van der Waals surface area contributed by atoms with Gasteiger partial charge in [0.1, 0.15) is 0 Å². The Morgan fingerprint density at radius 2 is 1.92 bits per heavy atom. The molecule has 6 heteroatoms. The van der Waals surface area contributed by atoms with Crippen LogP contribution in [0.5, 0.6) is 0 Å². The van der Waals surface area contributed by atoms with Crippen molar-refractivity contribution in [1.82, 2.24) is 5.32 Å². The highest BCUT2D eigenvalue weighted by molar-refractivity contribution is 5.78. The number of benzene rings is 1. The average molecular weight is 331 g/mol. The van der Waals surface area contributed by atoms with Gasteiger partial charge in [-0.25, -0.2) is 0 Å². The van der Waals surface area contributed by atoms with Gasteiger partial charge in [-0.3, -0.25) is 14.9 Å². The van der Waals surface area contributed by atoms with E-state index in [1.54, 1.807) is 18.2 Å². The topological polar surface area (TPSA) is 98.3 Å².